The smallest absolute Gasteiger partial charge is 0.330 e. The molecule has 0 bridgehead atoms. The Kier molecular flexibility index (Phi) is 6.04. The molecule has 10 nitrogen and oxygen atoms in total. The van der Waals surface area contributed by atoms with Gasteiger partial charge >= 0.3 is 5.69 Å². The highest BCUT2D eigenvalue weighted by Crippen LogP contribution is 2.20. The number of para-hydroxylation sites is 1. The van der Waals surface area contributed by atoms with E-state index in [9.17, 15) is 14.4 Å². The lowest BCUT2D eigenvalue weighted by Gasteiger charge is -2.26. The molecule has 0 saturated carbocycles. The molecule has 3 aromatic rings. The van der Waals surface area contributed by atoms with Crippen molar-refractivity contribution in [3.8, 4) is 0 Å². The van der Waals surface area contributed by atoms with Crippen molar-refractivity contribution in [1.29, 1.82) is 0 Å². The van der Waals surface area contributed by atoms with Crippen LogP contribution in [-0.2, 0) is 17.9 Å². The molecule has 0 saturated heterocycles. The molecule has 0 unspecified atom stereocenters. The molecule has 1 aromatic carbocycles. The quantitative estimate of drug-likeness (QED) is 0.598. The number of nitrogens with two attached hydrogens (primary N) is 1. The van der Waals surface area contributed by atoms with Crippen LogP contribution in [-0.4, -0.2) is 37.0 Å². The van der Waals surface area contributed by atoms with Crippen LogP contribution in [0.25, 0.3) is 11.0 Å². The Morgan fingerprint density at radius 1 is 1.17 bits per heavy atom. The van der Waals surface area contributed by atoms with E-state index >= 15 is 0 Å². The van der Waals surface area contributed by atoms with Gasteiger partial charge in [0.15, 0.2) is 5.69 Å². The molecule has 30 heavy (non-hydrogen) atoms. The van der Waals surface area contributed by atoms with Crippen LogP contribution < -0.4 is 21.9 Å². The highest BCUT2D eigenvalue weighted by Gasteiger charge is 2.26. The molecule has 0 aliphatic rings. The van der Waals surface area contributed by atoms with Crippen molar-refractivity contribution in [2.45, 2.75) is 40.8 Å². The van der Waals surface area contributed by atoms with E-state index in [-0.39, 0.29) is 42.3 Å². The number of aromatic nitrogens is 5. The normalized spacial score (nSPS) is 11.5. The second-order valence-corrected chi connectivity index (χ2v) is 8.13. The largest absolute Gasteiger partial charge is 0.383 e. The zero-order valence-electron chi connectivity index (χ0n) is 17.6. The summed E-state index contributed by atoms with van der Waals surface area (Å²) in [6, 6.07) is 7.30. The topological polar surface area (TPSA) is 132 Å². The molecule has 1 amide bonds. The number of nitrogens with zero attached hydrogens (tertiary/aromatic N) is 5. The third-order valence-corrected chi connectivity index (χ3v) is 4.59. The van der Waals surface area contributed by atoms with E-state index < -0.39 is 11.2 Å². The fourth-order valence-electron chi connectivity index (χ4n) is 3.32. The monoisotopic (exact) mass is 413 g/mol. The lowest BCUT2D eigenvalue weighted by Crippen LogP contribution is -2.44. The average molecular weight is 413 g/mol. The first-order chi connectivity index (χ1) is 14.2. The summed E-state index contributed by atoms with van der Waals surface area (Å²) >= 11 is 0. The van der Waals surface area contributed by atoms with Gasteiger partial charge in [0.1, 0.15) is 17.9 Å². The number of rotatable bonds is 7. The molecular weight excluding hydrogens is 386 g/mol. The van der Waals surface area contributed by atoms with E-state index in [1.54, 1.807) is 6.07 Å². The average Bonchev–Trinajstić information content (AvgIpc) is 3.06. The lowest BCUT2D eigenvalue weighted by atomic mass is 10.2. The van der Waals surface area contributed by atoms with Gasteiger partial charge in [-0.15, -0.1) is 5.10 Å². The Bertz CT molecular complexity index is 1170. The van der Waals surface area contributed by atoms with E-state index in [1.165, 1.54) is 14.1 Å². The molecule has 3 rings (SSSR count). The van der Waals surface area contributed by atoms with Gasteiger partial charge in [0.05, 0.1) is 5.52 Å². The Balaban J connectivity index is 2.05. The summed E-state index contributed by atoms with van der Waals surface area (Å²) in [5, 5.41) is 8.12. The number of carbonyl (C=O) groups excluding carboxylic acids is 1. The van der Waals surface area contributed by atoms with E-state index in [0.29, 0.717) is 17.6 Å². The summed E-state index contributed by atoms with van der Waals surface area (Å²) in [5.41, 5.74) is 6.32. The number of fused-ring (bicyclic) bond motifs is 1. The fourth-order valence-corrected chi connectivity index (χ4v) is 3.32. The number of anilines is 2. The minimum Gasteiger partial charge on any atom is -0.383 e. The summed E-state index contributed by atoms with van der Waals surface area (Å²) in [4.78, 5) is 41.8. The molecule has 2 aromatic heterocycles. The molecular formula is C20H27N7O3. The van der Waals surface area contributed by atoms with Gasteiger partial charge in [-0.1, -0.05) is 45.0 Å². The number of benzene rings is 1. The maximum atomic E-state index is 13.3. The summed E-state index contributed by atoms with van der Waals surface area (Å²) in [6.45, 7) is 8.20. The molecule has 0 radical (unpaired) electrons. The van der Waals surface area contributed by atoms with Crippen LogP contribution in [0.4, 0.5) is 11.5 Å². The molecule has 3 N–H and O–H groups in total. The summed E-state index contributed by atoms with van der Waals surface area (Å²) in [7, 11) is 0. The number of nitrogens with one attached hydrogen (secondary N) is 1. The molecule has 0 fully saturated rings. The van der Waals surface area contributed by atoms with Crippen molar-refractivity contribution in [2.75, 3.05) is 17.2 Å². The van der Waals surface area contributed by atoms with Crippen LogP contribution >= 0.6 is 0 Å². The first-order valence-electron chi connectivity index (χ1n) is 9.90. The van der Waals surface area contributed by atoms with Crippen molar-refractivity contribution in [1.82, 2.24) is 24.5 Å². The van der Waals surface area contributed by atoms with Crippen LogP contribution in [0.3, 0.4) is 0 Å². The van der Waals surface area contributed by atoms with Crippen molar-refractivity contribution < 1.29 is 4.79 Å². The summed E-state index contributed by atoms with van der Waals surface area (Å²) in [5.74, 6) is -0.202. The van der Waals surface area contributed by atoms with E-state index in [1.807, 2.05) is 45.9 Å². The molecule has 0 spiro atoms. The molecule has 2 heterocycles. The minimum absolute atomic E-state index is 0.0154. The van der Waals surface area contributed by atoms with Gasteiger partial charge < -0.3 is 10.6 Å². The molecule has 10 heteroatoms. The number of nitrogen functional groups attached to an aromatic ring is 1. The first kappa shape index (κ1) is 21.3. The van der Waals surface area contributed by atoms with Crippen LogP contribution in [0.15, 0.2) is 33.9 Å². The maximum Gasteiger partial charge on any atom is 0.330 e. The second-order valence-electron chi connectivity index (χ2n) is 8.13. The van der Waals surface area contributed by atoms with E-state index in [0.717, 1.165) is 0 Å². The molecule has 160 valence electrons. The SMILES string of the molecule is CC(C)CN(C(=O)Cn1nnc2ccccc21)c1c(N)n(CC(C)C)c(=O)[nH]c1=O. The minimum atomic E-state index is -0.685. The van der Waals surface area contributed by atoms with Crippen molar-refractivity contribution >= 4 is 28.4 Å². The Morgan fingerprint density at radius 3 is 2.53 bits per heavy atom. The van der Waals surface area contributed by atoms with Crippen LogP contribution in [0.1, 0.15) is 27.7 Å². The summed E-state index contributed by atoms with van der Waals surface area (Å²) in [6.07, 6.45) is 0. The lowest BCUT2D eigenvalue weighted by molar-refractivity contribution is -0.119. The van der Waals surface area contributed by atoms with Gasteiger partial charge in [-0.2, -0.15) is 0 Å². The van der Waals surface area contributed by atoms with Gasteiger partial charge in [0.2, 0.25) is 5.91 Å². The molecule has 0 aliphatic carbocycles. The second kappa shape index (κ2) is 8.52. The number of carbonyl (C=O) groups is 1. The van der Waals surface area contributed by atoms with Gasteiger partial charge in [-0.25, -0.2) is 9.48 Å². The van der Waals surface area contributed by atoms with Crippen molar-refractivity contribution in [2.24, 2.45) is 11.8 Å². The third-order valence-electron chi connectivity index (χ3n) is 4.59. The molecule has 0 atom stereocenters. The number of hydrogen-bond acceptors (Lipinski definition) is 6. The zero-order valence-corrected chi connectivity index (χ0v) is 17.6. The summed E-state index contributed by atoms with van der Waals surface area (Å²) < 4.78 is 2.78. The van der Waals surface area contributed by atoms with Gasteiger partial charge in [-0.05, 0) is 24.0 Å². The van der Waals surface area contributed by atoms with Gasteiger partial charge in [-0.3, -0.25) is 19.1 Å². The number of H-pyrrole nitrogens is 1. The maximum absolute atomic E-state index is 13.3. The Hall–Kier alpha value is -3.43. The number of aromatic amines is 1. The van der Waals surface area contributed by atoms with E-state index in [4.69, 9.17) is 5.73 Å². The zero-order chi connectivity index (χ0) is 22.0. The standard InChI is InChI=1S/C20H27N7O3/c1-12(2)9-25(16(28)11-27-15-8-6-5-7-14(15)23-24-27)17-18(21)26(10-13(3)4)20(30)22-19(17)29/h5-8,12-13H,9-11,21H2,1-4H3,(H,22,29,30). The number of hydrogen-bond donors (Lipinski definition) is 2. The van der Waals surface area contributed by atoms with Crippen LogP contribution in [0, 0.1) is 11.8 Å². The number of amides is 1. The van der Waals surface area contributed by atoms with Gasteiger partial charge in [0, 0.05) is 13.1 Å². The van der Waals surface area contributed by atoms with Crippen LogP contribution in [0.5, 0.6) is 0 Å². The Morgan fingerprint density at radius 2 is 1.87 bits per heavy atom. The highest BCUT2D eigenvalue weighted by atomic mass is 16.2. The molecule has 0 aliphatic heterocycles. The van der Waals surface area contributed by atoms with Crippen LogP contribution in [0.2, 0.25) is 0 Å². The highest BCUT2D eigenvalue weighted by molar-refractivity contribution is 5.96. The van der Waals surface area contributed by atoms with E-state index in [2.05, 4.69) is 15.3 Å². The fraction of sp³-hybridized carbons (Fsp3) is 0.450. The van der Waals surface area contributed by atoms with Crippen molar-refractivity contribution in [3.63, 3.8) is 0 Å². The predicted molar refractivity (Wildman–Crippen MR) is 115 cm³/mol. The van der Waals surface area contributed by atoms with Gasteiger partial charge in [0.25, 0.3) is 5.56 Å². The Labute approximate surface area is 173 Å². The first-order valence-corrected chi connectivity index (χ1v) is 9.90. The predicted octanol–water partition coefficient (Wildman–Crippen LogP) is 1.21. The third kappa shape index (κ3) is 4.27. The van der Waals surface area contributed by atoms with Crippen molar-refractivity contribution in [3.05, 3.63) is 45.1 Å².